The number of pyridine rings is 1. The number of hydrogen-bond donors (Lipinski definition) is 4. The van der Waals surface area contributed by atoms with Gasteiger partial charge in [-0.05, 0) is 49.6 Å². The molecule has 6 heteroatoms. The summed E-state index contributed by atoms with van der Waals surface area (Å²) in [4.78, 5) is 15.4. The minimum atomic E-state index is -0.998. The minimum absolute atomic E-state index is 0.0267. The predicted molar refractivity (Wildman–Crippen MR) is 98.9 cm³/mol. The molecule has 1 heterocycles. The van der Waals surface area contributed by atoms with Crippen LogP contribution >= 0.6 is 0 Å². The Balaban J connectivity index is 1.94. The summed E-state index contributed by atoms with van der Waals surface area (Å²) >= 11 is 0. The molecular weight excluding hydrogens is 332 g/mol. The molecule has 0 bridgehead atoms. The van der Waals surface area contributed by atoms with Crippen LogP contribution in [0.1, 0.15) is 40.0 Å². The summed E-state index contributed by atoms with van der Waals surface area (Å²) in [6, 6.07) is 6.72. The van der Waals surface area contributed by atoms with Crippen LogP contribution in [0.5, 0.6) is 5.75 Å². The van der Waals surface area contributed by atoms with E-state index in [2.05, 4.69) is 10.3 Å². The van der Waals surface area contributed by atoms with Crippen molar-refractivity contribution in [3.63, 3.8) is 0 Å². The first-order chi connectivity index (χ1) is 12.5. The summed E-state index contributed by atoms with van der Waals surface area (Å²) in [6.07, 6.45) is 6.93. The van der Waals surface area contributed by atoms with E-state index in [1.807, 2.05) is 0 Å². The first-order valence-electron chi connectivity index (χ1n) is 8.29. The fourth-order valence-corrected chi connectivity index (χ4v) is 2.63. The van der Waals surface area contributed by atoms with Crippen molar-refractivity contribution in [1.29, 1.82) is 0 Å². The van der Waals surface area contributed by atoms with Crippen LogP contribution in [0.15, 0.2) is 47.8 Å². The van der Waals surface area contributed by atoms with Crippen molar-refractivity contribution in [3.8, 4) is 5.75 Å². The van der Waals surface area contributed by atoms with Gasteiger partial charge >= 0.3 is 5.97 Å². The predicted octanol–water partition coefficient (Wildman–Crippen LogP) is 3.46. The largest absolute Gasteiger partial charge is 0.505 e. The van der Waals surface area contributed by atoms with Gasteiger partial charge in [0.2, 0.25) is 0 Å². The second-order valence-corrected chi connectivity index (χ2v) is 6.12. The standard InChI is InChI=1S/C20H20N2O4/c1-12-19(24)15(14(11-23)10-21-12)8-9-17(13-6-7-13)22-18-5-3-2-4-16(18)20(25)26/h2-5,8-10,22-24H,6-7,11H2,1H3,(H,25,26)/b9-8+. The van der Waals surface area contributed by atoms with Crippen molar-refractivity contribution in [1.82, 2.24) is 4.98 Å². The SMILES string of the molecule is Cc1ncc(CO)c(/C=C/C(Nc2ccccc2C(=O)O)=C2CC2)c1O. The molecule has 0 atom stereocenters. The number of anilines is 1. The van der Waals surface area contributed by atoms with Crippen molar-refractivity contribution in [2.75, 3.05) is 5.32 Å². The number of rotatable bonds is 6. The summed E-state index contributed by atoms with van der Waals surface area (Å²) < 4.78 is 0. The number of nitrogens with one attached hydrogen (secondary N) is 1. The molecular formula is C20H20N2O4. The maximum Gasteiger partial charge on any atom is 0.337 e. The van der Waals surface area contributed by atoms with E-state index < -0.39 is 5.97 Å². The van der Waals surface area contributed by atoms with Gasteiger partial charge in [-0.3, -0.25) is 4.98 Å². The van der Waals surface area contributed by atoms with Crippen molar-refractivity contribution in [3.05, 3.63) is 70.2 Å². The zero-order valence-electron chi connectivity index (χ0n) is 14.4. The Kier molecular flexibility index (Phi) is 5.04. The van der Waals surface area contributed by atoms with Crippen LogP contribution in [-0.4, -0.2) is 26.3 Å². The number of carbonyl (C=O) groups is 1. The molecule has 1 aliphatic rings. The fraction of sp³-hybridized carbons (Fsp3) is 0.200. The van der Waals surface area contributed by atoms with E-state index in [9.17, 15) is 20.1 Å². The van der Waals surface area contributed by atoms with Gasteiger partial charge < -0.3 is 20.6 Å². The maximum atomic E-state index is 11.4. The number of aromatic carboxylic acids is 1. The zero-order chi connectivity index (χ0) is 18.7. The molecule has 0 amide bonds. The lowest BCUT2D eigenvalue weighted by atomic mass is 10.1. The number of allylic oxidation sites excluding steroid dienone is 2. The van der Waals surface area contributed by atoms with Gasteiger partial charge in [0.1, 0.15) is 5.75 Å². The second kappa shape index (κ2) is 7.41. The van der Waals surface area contributed by atoms with Gasteiger partial charge in [-0.25, -0.2) is 4.79 Å². The lowest BCUT2D eigenvalue weighted by Crippen LogP contribution is -2.05. The highest BCUT2D eigenvalue weighted by Gasteiger charge is 2.18. The van der Waals surface area contributed by atoms with Crippen molar-refractivity contribution in [2.45, 2.75) is 26.4 Å². The Labute approximate surface area is 151 Å². The summed E-state index contributed by atoms with van der Waals surface area (Å²) in [6.45, 7) is 1.46. The number of aliphatic hydroxyl groups excluding tert-OH is 1. The molecule has 134 valence electrons. The fourth-order valence-electron chi connectivity index (χ4n) is 2.63. The molecule has 6 nitrogen and oxygen atoms in total. The highest BCUT2D eigenvalue weighted by molar-refractivity contribution is 5.94. The number of hydrogen-bond acceptors (Lipinski definition) is 5. The van der Waals surface area contributed by atoms with E-state index >= 15 is 0 Å². The number of carboxylic acid groups (broad SMARTS) is 1. The minimum Gasteiger partial charge on any atom is -0.505 e. The van der Waals surface area contributed by atoms with Crippen LogP contribution in [-0.2, 0) is 6.61 Å². The number of para-hydroxylation sites is 1. The molecule has 1 aromatic carbocycles. The average molecular weight is 352 g/mol. The molecule has 0 saturated heterocycles. The number of carboxylic acids is 1. The third-order valence-electron chi connectivity index (χ3n) is 4.25. The molecule has 0 spiro atoms. The topological polar surface area (TPSA) is 103 Å². The van der Waals surface area contributed by atoms with Gasteiger partial charge in [-0.2, -0.15) is 0 Å². The van der Waals surface area contributed by atoms with Gasteiger partial charge in [-0.1, -0.05) is 12.1 Å². The summed E-state index contributed by atoms with van der Waals surface area (Å²) in [7, 11) is 0. The van der Waals surface area contributed by atoms with Crippen LogP contribution in [0, 0.1) is 6.92 Å². The van der Waals surface area contributed by atoms with E-state index in [1.54, 1.807) is 43.3 Å². The van der Waals surface area contributed by atoms with Crippen LogP contribution in [0.3, 0.4) is 0 Å². The van der Waals surface area contributed by atoms with Crippen molar-refractivity contribution >= 4 is 17.7 Å². The molecule has 0 radical (unpaired) electrons. The normalized spacial score (nSPS) is 13.1. The van der Waals surface area contributed by atoms with Crippen molar-refractivity contribution in [2.24, 2.45) is 0 Å². The molecule has 1 fully saturated rings. The van der Waals surface area contributed by atoms with E-state index in [-0.39, 0.29) is 17.9 Å². The summed E-state index contributed by atoms with van der Waals surface area (Å²) in [5.41, 5.74) is 4.19. The average Bonchev–Trinajstić information content (AvgIpc) is 3.47. The van der Waals surface area contributed by atoms with Crippen LogP contribution in [0.25, 0.3) is 6.08 Å². The molecule has 4 N–H and O–H groups in total. The molecule has 1 aliphatic carbocycles. The van der Waals surface area contributed by atoms with Gasteiger partial charge in [0.25, 0.3) is 0 Å². The lowest BCUT2D eigenvalue weighted by Gasteiger charge is -2.11. The van der Waals surface area contributed by atoms with Crippen LogP contribution in [0.2, 0.25) is 0 Å². The number of nitrogens with zero attached hydrogens (tertiary/aromatic N) is 1. The number of aromatic hydroxyl groups is 1. The third-order valence-corrected chi connectivity index (χ3v) is 4.25. The van der Waals surface area contributed by atoms with Gasteiger partial charge in [0, 0.05) is 23.0 Å². The van der Waals surface area contributed by atoms with Crippen LogP contribution < -0.4 is 5.32 Å². The molecule has 0 aliphatic heterocycles. The number of aliphatic hydroxyl groups is 1. The van der Waals surface area contributed by atoms with Gasteiger partial charge in [0.05, 0.1) is 23.6 Å². The lowest BCUT2D eigenvalue weighted by molar-refractivity contribution is 0.0698. The quantitative estimate of drug-likeness (QED) is 0.635. The molecule has 26 heavy (non-hydrogen) atoms. The molecule has 2 aromatic rings. The van der Waals surface area contributed by atoms with Crippen molar-refractivity contribution < 1.29 is 20.1 Å². The summed E-state index contributed by atoms with van der Waals surface area (Å²) in [5, 5.41) is 32.2. The van der Waals surface area contributed by atoms with E-state index in [0.29, 0.717) is 22.5 Å². The van der Waals surface area contributed by atoms with E-state index in [4.69, 9.17) is 0 Å². The monoisotopic (exact) mass is 352 g/mol. The number of aromatic nitrogens is 1. The Morgan fingerprint density at radius 1 is 1.31 bits per heavy atom. The Hall–Kier alpha value is -3.12. The summed E-state index contributed by atoms with van der Waals surface area (Å²) in [5.74, 6) is -0.971. The van der Waals surface area contributed by atoms with E-state index in [1.165, 1.54) is 11.8 Å². The molecule has 0 unspecified atom stereocenters. The Bertz CT molecular complexity index is 910. The highest BCUT2D eigenvalue weighted by atomic mass is 16.4. The highest BCUT2D eigenvalue weighted by Crippen LogP contribution is 2.34. The number of aryl methyl sites for hydroxylation is 1. The Morgan fingerprint density at radius 2 is 2.04 bits per heavy atom. The molecule has 3 rings (SSSR count). The smallest absolute Gasteiger partial charge is 0.337 e. The maximum absolute atomic E-state index is 11.4. The first-order valence-corrected chi connectivity index (χ1v) is 8.29. The second-order valence-electron chi connectivity index (χ2n) is 6.12. The van der Waals surface area contributed by atoms with Gasteiger partial charge in [0.15, 0.2) is 0 Å². The molecule has 1 saturated carbocycles. The Morgan fingerprint density at radius 3 is 2.69 bits per heavy atom. The number of benzene rings is 1. The molecule has 1 aromatic heterocycles. The first kappa shape index (κ1) is 17.7. The van der Waals surface area contributed by atoms with Crippen LogP contribution in [0.4, 0.5) is 5.69 Å². The van der Waals surface area contributed by atoms with E-state index in [0.717, 1.165) is 18.5 Å². The zero-order valence-corrected chi connectivity index (χ0v) is 14.4. The van der Waals surface area contributed by atoms with Gasteiger partial charge in [-0.15, -0.1) is 0 Å². The third kappa shape index (κ3) is 3.75.